The minimum Gasteiger partial charge on any atom is -0.352 e. The van der Waals surface area contributed by atoms with Gasteiger partial charge >= 0.3 is 0 Å². The van der Waals surface area contributed by atoms with Crippen LogP contribution in [0.2, 0.25) is 0 Å². The van der Waals surface area contributed by atoms with E-state index in [1.54, 1.807) is 18.2 Å². The van der Waals surface area contributed by atoms with E-state index in [1.165, 1.54) is 22.9 Å². The monoisotopic (exact) mass is 365 g/mol. The predicted octanol–water partition coefficient (Wildman–Crippen LogP) is 3.15. The van der Waals surface area contributed by atoms with Gasteiger partial charge in [-0.1, -0.05) is 42.5 Å². The number of nitrogens with one attached hydrogen (secondary N) is 1. The van der Waals surface area contributed by atoms with E-state index < -0.39 is 0 Å². The highest BCUT2D eigenvalue weighted by Gasteiger charge is 2.06. The van der Waals surface area contributed by atoms with E-state index in [9.17, 15) is 14.0 Å². The second kappa shape index (κ2) is 8.89. The van der Waals surface area contributed by atoms with Gasteiger partial charge in [0.25, 0.3) is 5.56 Å². The molecule has 0 saturated carbocycles. The summed E-state index contributed by atoms with van der Waals surface area (Å²) < 4.78 is 14.2. The van der Waals surface area contributed by atoms with Crippen molar-refractivity contribution in [1.29, 1.82) is 0 Å². The highest BCUT2D eigenvalue weighted by molar-refractivity contribution is 5.75. The van der Waals surface area contributed by atoms with E-state index in [4.69, 9.17) is 0 Å². The van der Waals surface area contributed by atoms with Crippen LogP contribution < -0.4 is 10.9 Å². The van der Waals surface area contributed by atoms with Gasteiger partial charge in [0.15, 0.2) is 0 Å². The molecule has 1 heterocycles. The van der Waals surface area contributed by atoms with Crippen LogP contribution in [0.3, 0.4) is 0 Å². The summed E-state index contributed by atoms with van der Waals surface area (Å²) in [6.45, 7) is 0.713. The fourth-order valence-electron chi connectivity index (χ4n) is 2.65. The highest BCUT2D eigenvalue weighted by atomic mass is 19.1. The van der Waals surface area contributed by atoms with E-state index in [1.807, 2.05) is 30.3 Å². The maximum atomic E-state index is 12.9. The van der Waals surface area contributed by atoms with Crippen molar-refractivity contribution in [3.05, 3.63) is 88.5 Å². The summed E-state index contributed by atoms with van der Waals surface area (Å²) in [6, 6.07) is 18.8. The molecule has 0 aliphatic rings. The summed E-state index contributed by atoms with van der Waals surface area (Å²) in [4.78, 5) is 23.9. The van der Waals surface area contributed by atoms with Crippen LogP contribution in [0.4, 0.5) is 4.39 Å². The number of benzene rings is 2. The molecule has 0 radical (unpaired) electrons. The Balaban J connectivity index is 1.51. The minimum absolute atomic E-state index is 0.119. The van der Waals surface area contributed by atoms with Gasteiger partial charge in [0.2, 0.25) is 5.91 Å². The van der Waals surface area contributed by atoms with E-state index in [0.717, 1.165) is 16.8 Å². The average Bonchev–Trinajstić information content (AvgIpc) is 2.69. The Hall–Kier alpha value is -3.28. The Labute approximate surface area is 156 Å². The van der Waals surface area contributed by atoms with Gasteiger partial charge in [-0.3, -0.25) is 9.59 Å². The summed E-state index contributed by atoms with van der Waals surface area (Å²) in [5, 5.41) is 7.17. The molecule has 0 fully saturated rings. The van der Waals surface area contributed by atoms with Crippen molar-refractivity contribution < 1.29 is 9.18 Å². The van der Waals surface area contributed by atoms with Gasteiger partial charge in [0, 0.05) is 31.1 Å². The van der Waals surface area contributed by atoms with Gasteiger partial charge in [0.05, 0.1) is 5.69 Å². The SMILES string of the molecule is O=C(CCCn1nc(-c2ccccc2)ccc1=O)NCc1ccc(F)cc1. The molecule has 3 aromatic rings. The van der Waals surface area contributed by atoms with E-state index in [2.05, 4.69) is 10.4 Å². The number of hydrogen-bond acceptors (Lipinski definition) is 3. The Bertz CT molecular complexity index is 953. The number of aromatic nitrogens is 2. The van der Waals surface area contributed by atoms with Crippen molar-refractivity contribution in [3.63, 3.8) is 0 Å². The highest BCUT2D eigenvalue weighted by Crippen LogP contribution is 2.14. The van der Waals surface area contributed by atoms with Crippen molar-refractivity contribution in [2.75, 3.05) is 0 Å². The molecular weight excluding hydrogens is 345 g/mol. The molecule has 0 spiro atoms. The third-order valence-electron chi connectivity index (χ3n) is 4.11. The molecular formula is C21H20FN3O2. The molecule has 1 amide bonds. The first-order valence-electron chi connectivity index (χ1n) is 8.76. The van der Waals surface area contributed by atoms with Crippen LogP contribution >= 0.6 is 0 Å². The molecule has 0 unspecified atom stereocenters. The van der Waals surface area contributed by atoms with Crippen LogP contribution in [0.15, 0.2) is 71.5 Å². The quantitative estimate of drug-likeness (QED) is 0.700. The summed E-state index contributed by atoms with van der Waals surface area (Å²) >= 11 is 0. The van der Waals surface area contributed by atoms with Crippen LogP contribution in [0, 0.1) is 5.82 Å². The molecule has 1 N–H and O–H groups in total. The minimum atomic E-state index is -0.305. The largest absolute Gasteiger partial charge is 0.352 e. The first kappa shape index (κ1) is 18.5. The van der Waals surface area contributed by atoms with Gasteiger partial charge in [-0.15, -0.1) is 0 Å². The molecule has 0 aliphatic heterocycles. The number of nitrogens with zero attached hydrogens (tertiary/aromatic N) is 2. The Kier molecular flexibility index (Phi) is 6.10. The lowest BCUT2D eigenvalue weighted by Crippen LogP contribution is -2.25. The lowest BCUT2D eigenvalue weighted by atomic mass is 10.1. The molecule has 1 aromatic heterocycles. The zero-order valence-electron chi connectivity index (χ0n) is 14.8. The molecule has 2 aromatic carbocycles. The lowest BCUT2D eigenvalue weighted by molar-refractivity contribution is -0.121. The smallest absolute Gasteiger partial charge is 0.266 e. The summed E-state index contributed by atoms with van der Waals surface area (Å²) in [7, 11) is 0. The number of aryl methyl sites for hydroxylation is 1. The van der Waals surface area contributed by atoms with Crippen molar-refractivity contribution in [2.45, 2.75) is 25.9 Å². The van der Waals surface area contributed by atoms with Crippen molar-refractivity contribution in [2.24, 2.45) is 0 Å². The molecule has 3 rings (SSSR count). The van der Waals surface area contributed by atoms with Crippen molar-refractivity contribution in [1.82, 2.24) is 15.1 Å². The number of carbonyl (C=O) groups excluding carboxylic acids is 1. The third kappa shape index (κ3) is 5.34. The number of amides is 1. The first-order chi connectivity index (χ1) is 13.1. The fourth-order valence-corrected chi connectivity index (χ4v) is 2.65. The molecule has 27 heavy (non-hydrogen) atoms. The van der Waals surface area contributed by atoms with Crippen LogP contribution in [-0.2, 0) is 17.9 Å². The molecule has 5 nitrogen and oxygen atoms in total. The number of halogens is 1. The van der Waals surface area contributed by atoms with E-state index >= 15 is 0 Å². The summed E-state index contributed by atoms with van der Waals surface area (Å²) in [6.07, 6.45) is 0.783. The maximum Gasteiger partial charge on any atom is 0.266 e. The normalized spacial score (nSPS) is 10.6. The first-order valence-corrected chi connectivity index (χ1v) is 8.76. The Morgan fingerprint density at radius 2 is 1.74 bits per heavy atom. The molecule has 0 aliphatic carbocycles. The molecule has 6 heteroatoms. The van der Waals surface area contributed by atoms with Gasteiger partial charge in [0.1, 0.15) is 5.82 Å². The van der Waals surface area contributed by atoms with Crippen LogP contribution in [0.25, 0.3) is 11.3 Å². The third-order valence-corrected chi connectivity index (χ3v) is 4.11. The topological polar surface area (TPSA) is 64.0 Å². The molecule has 0 atom stereocenters. The number of carbonyl (C=O) groups is 1. The van der Waals surface area contributed by atoms with E-state index in [0.29, 0.717) is 19.5 Å². The van der Waals surface area contributed by atoms with Crippen molar-refractivity contribution in [3.8, 4) is 11.3 Å². The van der Waals surface area contributed by atoms with Gasteiger partial charge in [-0.05, 0) is 30.2 Å². The summed E-state index contributed by atoms with van der Waals surface area (Å²) in [5.41, 5.74) is 2.29. The van der Waals surface area contributed by atoms with Gasteiger partial charge in [-0.2, -0.15) is 5.10 Å². The zero-order chi connectivity index (χ0) is 19.1. The van der Waals surface area contributed by atoms with Crippen LogP contribution in [-0.4, -0.2) is 15.7 Å². The van der Waals surface area contributed by atoms with Crippen LogP contribution in [0.1, 0.15) is 18.4 Å². The summed E-state index contributed by atoms with van der Waals surface area (Å²) in [5.74, 6) is -0.424. The Morgan fingerprint density at radius 3 is 2.48 bits per heavy atom. The average molecular weight is 365 g/mol. The molecule has 0 saturated heterocycles. The number of hydrogen-bond donors (Lipinski definition) is 1. The molecule has 138 valence electrons. The second-order valence-electron chi connectivity index (χ2n) is 6.15. The standard InChI is InChI=1S/C21H20FN3O2/c22-18-10-8-16(9-11-18)15-23-20(26)7-4-14-25-21(27)13-12-19(24-25)17-5-2-1-3-6-17/h1-3,5-6,8-13H,4,7,14-15H2,(H,23,26). The second-order valence-corrected chi connectivity index (χ2v) is 6.15. The van der Waals surface area contributed by atoms with Crippen LogP contribution in [0.5, 0.6) is 0 Å². The maximum absolute atomic E-state index is 12.9. The fraction of sp³-hybridized carbons (Fsp3) is 0.190. The lowest BCUT2D eigenvalue weighted by Gasteiger charge is -2.08. The molecule has 0 bridgehead atoms. The number of rotatable bonds is 7. The van der Waals surface area contributed by atoms with Gasteiger partial charge < -0.3 is 5.32 Å². The van der Waals surface area contributed by atoms with Crippen molar-refractivity contribution >= 4 is 5.91 Å². The van der Waals surface area contributed by atoms with Gasteiger partial charge in [-0.25, -0.2) is 9.07 Å². The zero-order valence-corrected chi connectivity index (χ0v) is 14.8. The van der Waals surface area contributed by atoms with E-state index in [-0.39, 0.29) is 23.7 Å². The predicted molar refractivity (Wildman–Crippen MR) is 101 cm³/mol. The Morgan fingerprint density at radius 1 is 1.00 bits per heavy atom.